The molecule has 1 unspecified atom stereocenters. The van der Waals surface area contributed by atoms with E-state index < -0.39 is 5.60 Å². The Labute approximate surface area is 154 Å². The van der Waals surface area contributed by atoms with Crippen LogP contribution in [0.2, 0.25) is 0 Å². The Morgan fingerprint density at radius 2 is 2.11 bits per heavy atom. The molecule has 27 heavy (non-hydrogen) atoms. The zero-order chi connectivity index (χ0) is 19.0. The van der Waals surface area contributed by atoms with E-state index in [2.05, 4.69) is 31.9 Å². The Bertz CT molecular complexity index is 1200. The molecule has 8 nitrogen and oxygen atoms in total. The number of hydrogen-bond donors (Lipinski definition) is 2. The Kier molecular flexibility index (Phi) is 3.86. The van der Waals surface area contributed by atoms with Crippen molar-refractivity contribution in [1.82, 2.24) is 24.7 Å². The van der Waals surface area contributed by atoms with Gasteiger partial charge < -0.3 is 15.4 Å². The molecule has 0 bridgehead atoms. The van der Waals surface area contributed by atoms with Crippen LogP contribution in [0.5, 0.6) is 0 Å². The lowest BCUT2D eigenvalue weighted by atomic mass is 10.0. The number of rotatable bonds is 2. The molecule has 4 aromatic heterocycles. The number of nitrogen functional groups attached to an aromatic ring is 1. The molecule has 134 valence electrons. The normalized spacial score (nSPS) is 13.1. The van der Waals surface area contributed by atoms with E-state index in [0.29, 0.717) is 22.7 Å². The van der Waals surface area contributed by atoms with Crippen LogP contribution < -0.4 is 5.73 Å². The van der Waals surface area contributed by atoms with Gasteiger partial charge in [-0.25, -0.2) is 4.98 Å². The lowest BCUT2D eigenvalue weighted by molar-refractivity contribution is 0.112. The first-order valence-corrected chi connectivity index (χ1v) is 8.17. The minimum atomic E-state index is -1.43. The van der Waals surface area contributed by atoms with Crippen LogP contribution in [-0.4, -0.2) is 29.8 Å². The summed E-state index contributed by atoms with van der Waals surface area (Å²) in [6.45, 7) is 3.32. The van der Waals surface area contributed by atoms with Crippen molar-refractivity contribution in [2.24, 2.45) is 0 Å². The topological polar surface area (TPSA) is 116 Å². The van der Waals surface area contributed by atoms with Gasteiger partial charge in [-0.05, 0) is 26.0 Å². The summed E-state index contributed by atoms with van der Waals surface area (Å²) >= 11 is 0. The van der Waals surface area contributed by atoms with Gasteiger partial charge in [0.05, 0.1) is 11.9 Å². The largest absolute Gasteiger partial charge is 0.372 e. The second-order valence-corrected chi connectivity index (χ2v) is 6.27. The zero-order valence-electron chi connectivity index (χ0n) is 14.7. The SMILES string of the molecule is Cc1cc(C(C)(O)C#Cc2cncc(-n3ccc4cnc(N)nc43)c2)no1. The van der Waals surface area contributed by atoms with Gasteiger partial charge in [-0.15, -0.1) is 0 Å². The van der Waals surface area contributed by atoms with Crippen LogP contribution in [0.15, 0.2) is 47.5 Å². The summed E-state index contributed by atoms with van der Waals surface area (Å²) in [6, 6.07) is 5.39. The van der Waals surface area contributed by atoms with Gasteiger partial charge in [0, 0.05) is 35.6 Å². The summed E-state index contributed by atoms with van der Waals surface area (Å²) in [7, 11) is 0. The average Bonchev–Trinajstić information content (AvgIpc) is 3.27. The number of hydrogen-bond acceptors (Lipinski definition) is 7. The quantitative estimate of drug-likeness (QED) is 0.525. The van der Waals surface area contributed by atoms with Crippen LogP contribution in [0.3, 0.4) is 0 Å². The third kappa shape index (κ3) is 3.23. The number of aromatic nitrogens is 5. The van der Waals surface area contributed by atoms with Gasteiger partial charge in [0.1, 0.15) is 17.1 Å². The molecule has 0 saturated carbocycles. The van der Waals surface area contributed by atoms with Crippen molar-refractivity contribution in [3.8, 4) is 17.5 Å². The number of anilines is 1. The molecule has 0 amide bonds. The Morgan fingerprint density at radius 1 is 1.26 bits per heavy atom. The van der Waals surface area contributed by atoms with Gasteiger partial charge in [-0.2, -0.15) is 4.98 Å². The van der Waals surface area contributed by atoms with E-state index in [0.717, 1.165) is 11.1 Å². The van der Waals surface area contributed by atoms with Gasteiger partial charge in [-0.3, -0.25) is 9.55 Å². The molecule has 0 aliphatic carbocycles. The molecule has 0 saturated heterocycles. The Morgan fingerprint density at radius 3 is 2.89 bits per heavy atom. The fraction of sp³-hybridized carbons (Fsp3) is 0.158. The van der Waals surface area contributed by atoms with E-state index in [9.17, 15) is 5.11 Å². The average molecular weight is 360 g/mol. The number of nitrogens with two attached hydrogens (primary N) is 1. The van der Waals surface area contributed by atoms with E-state index >= 15 is 0 Å². The minimum absolute atomic E-state index is 0.199. The van der Waals surface area contributed by atoms with Crippen LogP contribution in [0.1, 0.15) is 23.9 Å². The maximum absolute atomic E-state index is 10.5. The highest BCUT2D eigenvalue weighted by Crippen LogP contribution is 2.21. The van der Waals surface area contributed by atoms with Crippen LogP contribution in [0.25, 0.3) is 16.7 Å². The number of aryl methyl sites for hydroxylation is 1. The Hall–Kier alpha value is -3.70. The first kappa shape index (κ1) is 16.8. The molecule has 4 heterocycles. The first-order chi connectivity index (χ1) is 12.9. The summed E-state index contributed by atoms with van der Waals surface area (Å²) < 4.78 is 6.86. The van der Waals surface area contributed by atoms with Crippen molar-refractivity contribution in [2.75, 3.05) is 5.73 Å². The molecule has 0 spiro atoms. The van der Waals surface area contributed by atoms with Crippen LogP contribution in [0.4, 0.5) is 5.95 Å². The molecule has 4 rings (SSSR count). The van der Waals surface area contributed by atoms with E-state index in [-0.39, 0.29) is 5.95 Å². The van der Waals surface area contributed by atoms with Gasteiger partial charge in [0.2, 0.25) is 5.95 Å². The fourth-order valence-electron chi connectivity index (χ4n) is 2.62. The molecule has 0 radical (unpaired) electrons. The first-order valence-electron chi connectivity index (χ1n) is 8.17. The van der Waals surface area contributed by atoms with Crippen LogP contribution in [0, 0.1) is 18.8 Å². The monoisotopic (exact) mass is 360 g/mol. The van der Waals surface area contributed by atoms with Crippen molar-refractivity contribution in [2.45, 2.75) is 19.4 Å². The summed E-state index contributed by atoms with van der Waals surface area (Å²) in [4.78, 5) is 12.5. The van der Waals surface area contributed by atoms with Gasteiger partial charge >= 0.3 is 0 Å². The smallest absolute Gasteiger partial charge is 0.221 e. The van der Waals surface area contributed by atoms with Crippen LogP contribution in [-0.2, 0) is 5.60 Å². The maximum atomic E-state index is 10.5. The maximum Gasteiger partial charge on any atom is 0.221 e. The molecule has 0 aromatic carbocycles. The fourth-order valence-corrected chi connectivity index (χ4v) is 2.62. The number of aliphatic hydroxyl groups is 1. The second kappa shape index (κ2) is 6.23. The van der Waals surface area contributed by atoms with E-state index in [1.165, 1.54) is 0 Å². The van der Waals surface area contributed by atoms with Crippen molar-refractivity contribution in [3.05, 3.63) is 60.0 Å². The van der Waals surface area contributed by atoms with Crippen molar-refractivity contribution in [1.29, 1.82) is 0 Å². The van der Waals surface area contributed by atoms with Gasteiger partial charge in [0.15, 0.2) is 5.60 Å². The van der Waals surface area contributed by atoms with Crippen LogP contribution >= 0.6 is 0 Å². The lowest BCUT2D eigenvalue weighted by Gasteiger charge is -2.11. The number of fused-ring (bicyclic) bond motifs is 1. The number of nitrogens with zero attached hydrogens (tertiary/aromatic N) is 5. The summed E-state index contributed by atoms with van der Waals surface area (Å²) in [5.41, 5.74) is 6.71. The highest BCUT2D eigenvalue weighted by atomic mass is 16.5. The molecular weight excluding hydrogens is 344 g/mol. The standard InChI is InChI=1S/C19H16N6O2/c1-12-7-16(24-27-12)19(2,26)5-3-13-8-15(11-21-9-13)25-6-4-14-10-22-18(20)23-17(14)25/h4,6-11,26H,1-2H3,(H2,20,22,23). The number of pyridine rings is 1. The second-order valence-electron chi connectivity index (χ2n) is 6.27. The zero-order valence-corrected chi connectivity index (χ0v) is 14.7. The molecule has 0 aliphatic heterocycles. The highest BCUT2D eigenvalue weighted by molar-refractivity contribution is 5.78. The van der Waals surface area contributed by atoms with Crippen molar-refractivity contribution >= 4 is 17.0 Å². The van der Waals surface area contributed by atoms with E-state index in [4.69, 9.17) is 10.3 Å². The van der Waals surface area contributed by atoms with Gasteiger partial charge in [-0.1, -0.05) is 17.0 Å². The third-order valence-corrected chi connectivity index (χ3v) is 4.02. The van der Waals surface area contributed by atoms with Crippen molar-refractivity contribution in [3.63, 3.8) is 0 Å². The molecule has 1 atom stereocenters. The van der Waals surface area contributed by atoms with E-state index in [1.54, 1.807) is 38.5 Å². The Balaban J connectivity index is 1.70. The predicted octanol–water partition coefficient (Wildman–Crippen LogP) is 1.95. The molecule has 0 aliphatic rings. The molecular formula is C19H16N6O2. The summed E-state index contributed by atoms with van der Waals surface area (Å²) in [5.74, 6) is 6.56. The highest BCUT2D eigenvalue weighted by Gasteiger charge is 2.24. The predicted molar refractivity (Wildman–Crippen MR) is 98.8 cm³/mol. The summed E-state index contributed by atoms with van der Waals surface area (Å²) in [5, 5.41) is 15.2. The molecule has 3 N–H and O–H groups in total. The minimum Gasteiger partial charge on any atom is -0.372 e. The van der Waals surface area contributed by atoms with E-state index in [1.807, 2.05) is 22.9 Å². The molecule has 8 heteroatoms. The molecule has 0 fully saturated rings. The summed E-state index contributed by atoms with van der Waals surface area (Å²) in [6.07, 6.45) is 6.85. The molecule has 4 aromatic rings. The van der Waals surface area contributed by atoms with Gasteiger partial charge in [0.25, 0.3) is 0 Å². The lowest BCUT2D eigenvalue weighted by Crippen LogP contribution is -2.18. The third-order valence-electron chi connectivity index (χ3n) is 4.02. The van der Waals surface area contributed by atoms with Crippen molar-refractivity contribution < 1.29 is 9.63 Å².